The van der Waals surface area contributed by atoms with Crippen molar-refractivity contribution in [3.63, 3.8) is 0 Å². The Kier molecular flexibility index (Phi) is 5.84. The normalized spacial score (nSPS) is 10.6. The smallest absolute Gasteiger partial charge is 0.255 e. The molecule has 0 aliphatic rings. The molecule has 0 radical (unpaired) electrons. The van der Waals surface area contributed by atoms with Crippen LogP contribution in [0.5, 0.6) is 0 Å². The van der Waals surface area contributed by atoms with E-state index < -0.39 is 0 Å². The lowest BCUT2D eigenvalue weighted by Gasteiger charge is -2.21. The highest BCUT2D eigenvalue weighted by Crippen LogP contribution is 2.16. The van der Waals surface area contributed by atoms with Crippen LogP contribution in [0.3, 0.4) is 0 Å². The maximum absolute atomic E-state index is 12.9. The Labute approximate surface area is 161 Å². The maximum atomic E-state index is 12.9. The van der Waals surface area contributed by atoms with Crippen molar-refractivity contribution in [3.05, 3.63) is 81.9 Å². The third kappa shape index (κ3) is 4.43. The third-order valence-corrected chi connectivity index (χ3v) is 4.39. The van der Waals surface area contributed by atoms with E-state index in [1.807, 2.05) is 0 Å². The summed E-state index contributed by atoms with van der Waals surface area (Å²) in [6.45, 7) is 2.17. The van der Waals surface area contributed by atoms with Crippen LogP contribution in [0.1, 0.15) is 22.8 Å². The van der Waals surface area contributed by atoms with E-state index in [0.29, 0.717) is 17.4 Å². The molecule has 0 saturated carbocycles. The Bertz CT molecular complexity index is 1060. The van der Waals surface area contributed by atoms with Crippen molar-refractivity contribution >= 4 is 22.7 Å². The van der Waals surface area contributed by atoms with Crippen LogP contribution in [0.4, 0.5) is 4.39 Å². The topological polar surface area (TPSA) is 82.3 Å². The number of fused-ring (bicyclic) bond motifs is 1. The number of benzene rings is 2. The highest BCUT2D eigenvalue weighted by molar-refractivity contribution is 6.06. The van der Waals surface area contributed by atoms with Gasteiger partial charge >= 0.3 is 0 Å². The summed E-state index contributed by atoms with van der Waals surface area (Å²) in [5.74, 6) is -1.07. The van der Waals surface area contributed by atoms with E-state index in [1.54, 1.807) is 43.3 Å². The summed E-state index contributed by atoms with van der Waals surface area (Å²) in [5, 5.41) is 3.34. The zero-order chi connectivity index (χ0) is 20.1. The lowest BCUT2D eigenvalue weighted by molar-refractivity contribution is -0.121. The molecule has 0 bridgehead atoms. The number of halogens is 1. The molecule has 2 amide bonds. The lowest BCUT2D eigenvalue weighted by atomic mass is 10.1. The molecule has 2 aromatic carbocycles. The van der Waals surface area contributed by atoms with Crippen LogP contribution in [0.15, 0.2) is 59.4 Å². The van der Waals surface area contributed by atoms with E-state index in [2.05, 4.69) is 10.3 Å². The number of nitrogens with zero attached hydrogens (tertiary/aromatic N) is 1. The number of para-hydroxylation sites is 1. The Hall–Kier alpha value is -3.48. The minimum absolute atomic E-state index is 0.141. The maximum Gasteiger partial charge on any atom is 0.255 e. The molecular weight excluding hydrogens is 361 g/mol. The number of hydrogen-bond donors (Lipinski definition) is 2. The van der Waals surface area contributed by atoms with E-state index in [-0.39, 0.29) is 41.8 Å². The second-order valence-corrected chi connectivity index (χ2v) is 6.32. The largest absolute Gasteiger partial charge is 0.350 e. The van der Waals surface area contributed by atoms with Gasteiger partial charge in [0, 0.05) is 30.1 Å². The molecule has 0 unspecified atom stereocenters. The summed E-state index contributed by atoms with van der Waals surface area (Å²) in [5.41, 5.74) is 1.20. The molecule has 3 rings (SSSR count). The van der Waals surface area contributed by atoms with E-state index in [1.165, 1.54) is 23.1 Å². The molecule has 144 valence electrons. The number of nitrogens with one attached hydrogen (secondary N) is 2. The minimum Gasteiger partial charge on any atom is -0.350 e. The monoisotopic (exact) mass is 381 g/mol. The number of H-pyrrole nitrogens is 1. The molecular formula is C21H20FN3O3. The predicted octanol–water partition coefficient (Wildman–Crippen LogP) is 2.45. The summed E-state index contributed by atoms with van der Waals surface area (Å²) in [6.07, 6.45) is 0. The zero-order valence-electron chi connectivity index (χ0n) is 15.4. The van der Waals surface area contributed by atoms with Gasteiger partial charge in [-0.3, -0.25) is 14.4 Å². The van der Waals surface area contributed by atoms with E-state index in [9.17, 15) is 18.8 Å². The van der Waals surface area contributed by atoms with Crippen LogP contribution in [0, 0.1) is 5.82 Å². The molecule has 3 aromatic rings. The fourth-order valence-corrected chi connectivity index (χ4v) is 2.91. The summed E-state index contributed by atoms with van der Waals surface area (Å²) >= 11 is 0. The summed E-state index contributed by atoms with van der Waals surface area (Å²) in [4.78, 5) is 41.2. The first-order valence-corrected chi connectivity index (χ1v) is 8.90. The molecule has 0 fully saturated rings. The minimum atomic E-state index is -0.387. The fourth-order valence-electron chi connectivity index (χ4n) is 2.91. The number of carbonyl (C=O) groups excluding carboxylic acids is 2. The third-order valence-electron chi connectivity index (χ3n) is 4.39. The number of hydrogen-bond acceptors (Lipinski definition) is 3. The quantitative estimate of drug-likeness (QED) is 0.688. The number of aromatic nitrogens is 1. The molecule has 1 heterocycles. The van der Waals surface area contributed by atoms with Crippen LogP contribution in [0.2, 0.25) is 0 Å². The molecule has 0 atom stereocenters. The molecule has 0 spiro atoms. The van der Waals surface area contributed by atoms with E-state index in [0.717, 1.165) is 5.56 Å². The number of likely N-dealkylation sites (N-methyl/N-ethyl adjacent to an activating group) is 1. The zero-order valence-corrected chi connectivity index (χ0v) is 15.4. The molecule has 0 aliphatic carbocycles. The van der Waals surface area contributed by atoms with Crippen molar-refractivity contribution < 1.29 is 14.0 Å². The van der Waals surface area contributed by atoms with Gasteiger partial charge in [-0.2, -0.15) is 0 Å². The predicted molar refractivity (Wildman–Crippen MR) is 104 cm³/mol. The summed E-state index contributed by atoms with van der Waals surface area (Å²) < 4.78 is 12.9. The molecule has 6 nitrogen and oxygen atoms in total. The average molecular weight is 381 g/mol. The average Bonchev–Trinajstić information content (AvgIpc) is 2.70. The first-order valence-electron chi connectivity index (χ1n) is 8.90. The molecule has 28 heavy (non-hydrogen) atoms. The Morgan fingerprint density at radius 1 is 1.11 bits per heavy atom. The van der Waals surface area contributed by atoms with Gasteiger partial charge in [0.15, 0.2) is 0 Å². The van der Waals surface area contributed by atoms with Crippen molar-refractivity contribution in [2.24, 2.45) is 0 Å². The van der Waals surface area contributed by atoms with Gasteiger partial charge in [0.25, 0.3) is 5.91 Å². The fraction of sp³-hybridized carbons (Fsp3) is 0.190. The van der Waals surface area contributed by atoms with Gasteiger partial charge in [-0.05, 0) is 30.7 Å². The highest BCUT2D eigenvalue weighted by Gasteiger charge is 2.20. The van der Waals surface area contributed by atoms with Gasteiger partial charge in [-0.25, -0.2) is 4.39 Å². The molecule has 0 saturated heterocycles. The number of carbonyl (C=O) groups is 2. The number of pyridine rings is 1. The number of amides is 2. The van der Waals surface area contributed by atoms with Crippen LogP contribution >= 0.6 is 0 Å². The van der Waals surface area contributed by atoms with Crippen molar-refractivity contribution in [2.75, 3.05) is 13.1 Å². The number of rotatable bonds is 6. The Morgan fingerprint density at radius 3 is 2.54 bits per heavy atom. The highest BCUT2D eigenvalue weighted by atomic mass is 19.1. The van der Waals surface area contributed by atoms with E-state index in [4.69, 9.17) is 0 Å². The van der Waals surface area contributed by atoms with E-state index >= 15 is 0 Å². The van der Waals surface area contributed by atoms with Crippen LogP contribution in [-0.4, -0.2) is 34.8 Å². The van der Waals surface area contributed by atoms with Crippen LogP contribution in [-0.2, 0) is 11.3 Å². The van der Waals surface area contributed by atoms with Crippen molar-refractivity contribution in [2.45, 2.75) is 13.5 Å². The van der Waals surface area contributed by atoms with Gasteiger partial charge in [-0.1, -0.05) is 30.3 Å². The molecule has 1 aromatic heterocycles. The second kappa shape index (κ2) is 8.47. The Morgan fingerprint density at radius 2 is 1.82 bits per heavy atom. The van der Waals surface area contributed by atoms with Gasteiger partial charge in [0.1, 0.15) is 5.82 Å². The van der Waals surface area contributed by atoms with Crippen molar-refractivity contribution in [1.29, 1.82) is 0 Å². The lowest BCUT2D eigenvalue weighted by Crippen LogP contribution is -2.40. The standard InChI is InChI=1S/C21H20FN3O3/c1-2-25(13-20(27)23-12-14-7-9-15(22)10-8-14)21(28)17-11-19(26)24-18-6-4-3-5-16(17)18/h3-11H,2,12-13H2,1H3,(H,23,27)(H,24,26). The summed E-state index contributed by atoms with van der Waals surface area (Å²) in [7, 11) is 0. The van der Waals surface area contributed by atoms with Crippen molar-refractivity contribution in [3.8, 4) is 0 Å². The van der Waals surface area contributed by atoms with Crippen LogP contribution < -0.4 is 10.9 Å². The van der Waals surface area contributed by atoms with Crippen LogP contribution in [0.25, 0.3) is 10.9 Å². The first kappa shape index (κ1) is 19.3. The second-order valence-electron chi connectivity index (χ2n) is 6.32. The van der Waals surface area contributed by atoms with Gasteiger partial charge in [0.05, 0.1) is 12.1 Å². The van der Waals surface area contributed by atoms with Crippen molar-refractivity contribution in [1.82, 2.24) is 15.2 Å². The Balaban J connectivity index is 1.72. The van der Waals surface area contributed by atoms with Gasteiger partial charge in [0.2, 0.25) is 11.5 Å². The SMILES string of the molecule is CCN(CC(=O)NCc1ccc(F)cc1)C(=O)c1cc(=O)[nH]c2ccccc12. The molecule has 7 heteroatoms. The first-order chi connectivity index (χ1) is 13.5. The molecule has 2 N–H and O–H groups in total. The van der Waals surface area contributed by atoms with Gasteiger partial charge < -0.3 is 15.2 Å². The number of aromatic amines is 1. The molecule has 0 aliphatic heterocycles. The summed E-state index contributed by atoms with van der Waals surface area (Å²) in [6, 6.07) is 14.1. The van der Waals surface area contributed by atoms with Gasteiger partial charge in [-0.15, -0.1) is 0 Å².